The van der Waals surface area contributed by atoms with Crippen molar-refractivity contribution < 1.29 is 17.2 Å². The van der Waals surface area contributed by atoms with Crippen LogP contribution in [0, 0.1) is 5.82 Å². The van der Waals surface area contributed by atoms with Crippen molar-refractivity contribution in [3.8, 4) is 11.5 Å². The maximum Gasteiger partial charge on any atom is 0.330 e. The van der Waals surface area contributed by atoms with Gasteiger partial charge in [-0.05, 0) is 59.3 Å². The first-order valence-electron chi connectivity index (χ1n) is 7.72. The number of sulfonamides is 1. The van der Waals surface area contributed by atoms with E-state index in [1.807, 2.05) is 18.2 Å². The first-order valence-corrected chi connectivity index (χ1v) is 10.00. The Labute approximate surface area is 162 Å². The van der Waals surface area contributed by atoms with Crippen LogP contribution in [-0.2, 0) is 10.0 Å². The summed E-state index contributed by atoms with van der Waals surface area (Å²) in [6, 6.07) is 15.5. The van der Waals surface area contributed by atoms with Crippen molar-refractivity contribution in [1.29, 1.82) is 0 Å². The molecule has 3 aromatic carbocycles. The van der Waals surface area contributed by atoms with Crippen molar-refractivity contribution in [2.24, 2.45) is 0 Å². The smallest absolute Gasteiger partial charge is 0.330 e. The lowest BCUT2D eigenvalue weighted by Gasteiger charge is -2.06. The monoisotopic (exact) mass is 447 g/mol. The lowest BCUT2D eigenvalue weighted by molar-refractivity contribution is 0.577. The van der Waals surface area contributed by atoms with E-state index < -0.39 is 15.8 Å². The molecule has 9 heteroatoms. The average Bonchev–Trinajstić information content (AvgIpc) is 3.09. The normalized spacial score (nSPS) is 11.6. The number of hydrogen-bond acceptors (Lipinski definition) is 5. The Hall–Kier alpha value is -2.78. The van der Waals surface area contributed by atoms with Gasteiger partial charge in [0.25, 0.3) is 10.0 Å². The molecule has 27 heavy (non-hydrogen) atoms. The lowest BCUT2D eigenvalue weighted by Crippen LogP contribution is -2.13. The maximum atomic E-state index is 13.0. The minimum atomic E-state index is -3.91. The van der Waals surface area contributed by atoms with E-state index >= 15 is 0 Å². The van der Waals surface area contributed by atoms with Crippen molar-refractivity contribution >= 4 is 42.7 Å². The molecule has 0 fully saturated rings. The van der Waals surface area contributed by atoms with E-state index in [9.17, 15) is 12.8 Å². The highest BCUT2D eigenvalue weighted by molar-refractivity contribution is 9.10. The van der Waals surface area contributed by atoms with E-state index in [1.54, 1.807) is 12.1 Å². The standard InChI is InChI=1S/C18H11BrFN3O3S/c19-14-5-1-13-10-16(8-4-12(13)9-14)27(24,25)23-18-22-21-17(26-18)11-2-6-15(20)7-3-11/h1-10H,(H,22,23). The summed E-state index contributed by atoms with van der Waals surface area (Å²) in [7, 11) is -3.91. The minimum absolute atomic E-state index is 0.0684. The van der Waals surface area contributed by atoms with Crippen LogP contribution < -0.4 is 4.72 Å². The van der Waals surface area contributed by atoms with Crippen LogP contribution in [0.15, 0.2) is 74.4 Å². The summed E-state index contributed by atoms with van der Waals surface area (Å²) in [5.74, 6) is -0.321. The van der Waals surface area contributed by atoms with Gasteiger partial charge in [-0.2, -0.15) is 0 Å². The Morgan fingerprint density at radius 3 is 2.41 bits per heavy atom. The second-order valence-electron chi connectivity index (χ2n) is 5.68. The van der Waals surface area contributed by atoms with Gasteiger partial charge in [-0.15, -0.1) is 5.10 Å². The molecule has 0 amide bonds. The molecule has 1 aromatic heterocycles. The quantitative estimate of drug-likeness (QED) is 0.494. The third-order valence-electron chi connectivity index (χ3n) is 3.82. The third-order valence-corrected chi connectivity index (χ3v) is 5.63. The maximum absolute atomic E-state index is 13.0. The molecule has 0 radical (unpaired) electrons. The van der Waals surface area contributed by atoms with Gasteiger partial charge in [-0.25, -0.2) is 17.5 Å². The first kappa shape index (κ1) is 17.6. The number of anilines is 1. The molecule has 0 saturated carbocycles. The molecule has 0 spiro atoms. The Morgan fingerprint density at radius 2 is 1.63 bits per heavy atom. The second kappa shape index (κ2) is 6.75. The number of fused-ring (bicyclic) bond motifs is 1. The van der Waals surface area contributed by atoms with Crippen LogP contribution in [0.5, 0.6) is 0 Å². The van der Waals surface area contributed by atoms with Crippen LogP contribution in [0.4, 0.5) is 10.4 Å². The summed E-state index contributed by atoms with van der Waals surface area (Å²) in [5, 5.41) is 9.15. The minimum Gasteiger partial charge on any atom is -0.403 e. The van der Waals surface area contributed by atoms with Gasteiger partial charge >= 0.3 is 6.01 Å². The Kier molecular flexibility index (Phi) is 4.40. The molecule has 136 valence electrons. The predicted octanol–water partition coefficient (Wildman–Crippen LogP) is 4.59. The fraction of sp³-hybridized carbons (Fsp3) is 0. The molecule has 0 aliphatic heterocycles. The molecular weight excluding hydrogens is 437 g/mol. The number of benzene rings is 3. The zero-order chi connectivity index (χ0) is 19.0. The number of hydrogen-bond donors (Lipinski definition) is 1. The van der Waals surface area contributed by atoms with Gasteiger partial charge in [0, 0.05) is 10.0 Å². The number of halogens is 2. The zero-order valence-electron chi connectivity index (χ0n) is 13.6. The van der Waals surface area contributed by atoms with Gasteiger partial charge in [0.05, 0.1) is 4.90 Å². The van der Waals surface area contributed by atoms with Crippen molar-refractivity contribution in [2.45, 2.75) is 4.90 Å². The van der Waals surface area contributed by atoms with Crippen molar-refractivity contribution in [1.82, 2.24) is 10.2 Å². The Bertz CT molecular complexity index is 1240. The zero-order valence-corrected chi connectivity index (χ0v) is 16.0. The lowest BCUT2D eigenvalue weighted by atomic mass is 10.1. The highest BCUT2D eigenvalue weighted by atomic mass is 79.9. The summed E-state index contributed by atoms with van der Waals surface area (Å²) < 4.78 is 46.7. The van der Waals surface area contributed by atoms with Crippen molar-refractivity contribution in [3.63, 3.8) is 0 Å². The van der Waals surface area contributed by atoms with E-state index in [0.29, 0.717) is 5.56 Å². The van der Waals surface area contributed by atoms with Crippen LogP contribution in [0.3, 0.4) is 0 Å². The average molecular weight is 448 g/mol. The van der Waals surface area contributed by atoms with Gasteiger partial charge in [-0.1, -0.05) is 33.2 Å². The molecule has 0 aliphatic rings. The molecule has 0 aliphatic carbocycles. The Balaban J connectivity index is 1.62. The molecule has 4 rings (SSSR count). The highest BCUT2D eigenvalue weighted by Gasteiger charge is 2.19. The van der Waals surface area contributed by atoms with Crippen LogP contribution in [0.1, 0.15) is 0 Å². The fourth-order valence-electron chi connectivity index (χ4n) is 2.51. The molecule has 4 aromatic rings. The topological polar surface area (TPSA) is 85.1 Å². The van der Waals surface area contributed by atoms with Gasteiger partial charge in [-0.3, -0.25) is 0 Å². The van der Waals surface area contributed by atoms with E-state index in [2.05, 4.69) is 30.8 Å². The molecular formula is C18H11BrFN3O3S. The molecule has 1 heterocycles. The number of aromatic nitrogens is 2. The summed E-state index contributed by atoms with van der Waals surface area (Å²) in [6.45, 7) is 0. The molecule has 0 bridgehead atoms. The summed E-state index contributed by atoms with van der Waals surface area (Å²) >= 11 is 3.38. The van der Waals surface area contributed by atoms with E-state index in [1.165, 1.54) is 30.3 Å². The number of rotatable bonds is 4. The molecule has 6 nitrogen and oxygen atoms in total. The third kappa shape index (κ3) is 3.69. The second-order valence-corrected chi connectivity index (χ2v) is 8.28. The predicted molar refractivity (Wildman–Crippen MR) is 102 cm³/mol. The number of nitrogens with one attached hydrogen (secondary N) is 1. The van der Waals surface area contributed by atoms with E-state index in [4.69, 9.17) is 4.42 Å². The van der Waals surface area contributed by atoms with Gasteiger partial charge in [0.15, 0.2) is 0 Å². The van der Waals surface area contributed by atoms with Crippen LogP contribution in [0.25, 0.3) is 22.2 Å². The van der Waals surface area contributed by atoms with Gasteiger partial charge in [0.1, 0.15) is 5.82 Å². The molecule has 0 saturated heterocycles. The first-order chi connectivity index (χ1) is 12.9. The van der Waals surface area contributed by atoms with Crippen LogP contribution in [-0.4, -0.2) is 18.6 Å². The highest BCUT2D eigenvalue weighted by Crippen LogP contribution is 2.25. The van der Waals surface area contributed by atoms with Crippen molar-refractivity contribution in [3.05, 3.63) is 71.0 Å². The van der Waals surface area contributed by atoms with E-state index in [0.717, 1.165) is 15.2 Å². The Morgan fingerprint density at radius 1 is 0.926 bits per heavy atom. The van der Waals surface area contributed by atoms with Crippen LogP contribution in [0.2, 0.25) is 0 Å². The van der Waals surface area contributed by atoms with Crippen molar-refractivity contribution in [2.75, 3.05) is 4.72 Å². The van der Waals surface area contributed by atoms with Crippen LogP contribution >= 0.6 is 15.9 Å². The summed E-state index contributed by atoms with van der Waals surface area (Å²) in [4.78, 5) is 0.0684. The molecule has 0 atom stereocenters. The molecule has 1 N–H and O–H groups in total. The fourth-order valence-corrected chi connectivity index (χ4v) is 3.85. The number of nitrogens with zero attached hydrogens (tertiary/aromatic N) is 2. The largest absolute Gasteiger partial charge is 0.403 e. The molecule has 0 unspecified atom stereocenters. The van der Waals surface area contributed by atoms with Gasteiger partial charge < -0.3 is 4.42 Å². The van der Waals surface area contributed by atoms with Gasteiger partial charge in [0.2, 0.25) is 5.89 Å². The summed E-state index contributed by atoms with van der Waals surface area (Å²) in [6.07, 6.45) is 0. The SMILES string of the molecule is O=S(=O)(Nc1nnc(-c2ccc(F)cc2)o1)c1ccc2cc(Br)ccc2c1. The summed E-state index contributed by atoms with van der Waals surface area (Å²) in [5.41, 5.74) is 0.477. The van der Waals surface area contributed by atoms with E-state index in [-0.39, 0.29) is 16.8 Å².